The van der Waals surface area contributed by atoms with Crippen LogP contribution in [0.2, 0.25) is 5.02 Å². The molecule has 1 aromatic heterocycles. The first-order chi connectivity index (χ1) is 15.6. The zero-order valence-electron chi connectivity index (χ0n) is 17.0. The number of hydrogen-bond acceptors (Lipinski definition) is 4. The number of halogens is 1. The van der Waals surface area contributed by atoms with Crippen LogP contribution < -0.4 is 10.6 Å². The highest BCUT2D eigenvalue weighted by molar-refractivity contribution is 7.13. The molecule has 2 N–H and O–H groups in total. The number of anilines is 1. The van der Waals surface area contributed by atoms with Crippen LogP contribution in [-0.4, -0.2) is 16.8 Å². The number of aromatic nitrogens is 1. The van der Waals surface area contributed by atoms with Gasteiger partial charge in [0.25, 0.3) is 5.91 Å². The van der Waals surface area contributed by atoms with Crippen LogP contribution in [0.1, 0.15) is 28.4 Å². The van der Waals surface area contributed by atoms with Crippen molar-refractivity contribution in [1.29, 1.82) is 0 Å². The van der Waals surface area contributed by atoms with Gasteiger partial charge >= 0.3 is 0 Å². The van der Waals surface area contributed by atoms with E-state index in [-0.39, 0.29) is 18.2 Å². The average molecular weight is 462 g/mol. The number of amides is 2. The van der Waals surface area contributed by atoms with E-state index in [2.05, 4.69) is 15.6 Å². The number of benzene rings is 3. The van der Waals surface area contributed by atoms with E-state index in [1.165, 1.54) is 0 Å². The van der Waals surface area contributed by atoms with Crippen molar-refractivity contribution in [1.82, 2.24) is 10.3 Å². The number of thiazole rings is 1. The highest BCUT2D eigenvalue weighted by Gasteiger charge is 2.20. The molecular weight excluding hydrogens is 442 g/mol. The molecule has 160 valence electrons. The third-order valence-electron chi connectivity index (χ3n) is 4.86. The van der Waals surface area contributed by atoms with Gasteiger partial charge in [-0.2, -0.15) is 0 Å². The molecule has 4 aromatic rings. The minimum Gasteiger partial charge on any atom is -0.345 e. The predicted octanol–water partition coefficient (Wildman–Crippen LogP) is 5.96. The van der Waals surface area contributed by atoms with Crippen LogP contribution in [0.4, 0.5) is 5.69 Å². The van der Waals surface area contributed by atoms with Crippen molar-refractivity contribution in [2.75, 3.05) is 5.32 Å². The molecule has 32 heavy (non-hydrogen) atoms. The van der Waals surface area contributed by atoms with E-state index in [0.29, 0.717) is 16.3 Å². The Bertz CT molecular complexity index is 1200. The van der Waals surface area contributed by atoms with Crippen LogP contribution in [0.25, 0.3) is 10.6 Å². The molecular formula is C25H20ClN3O2S. The maximum atomic E-state index is 12.8. The number of rotatable bonds is 7. The zero-order valence-corrected chi connectivity index (χ0v) is 18.6. The van der Waals surface area contributed by atoms with E-state index in [1.807, 2.05) is 60.0 Å². The minimum atomic E-state index is -0.505. The van der Waals surface area contributed by atoms with Crippen LogP contribution in [0, 0.1) is 0 Å². The standard InChI is InChI=1S/C25H20ClN3O2S/c26-21-9-5-4-8-20(21)24(31)29-22(17-6-2-1-3-7-17)16-23(30)28-19-12-10-18(11-13-19)25-27-14-15-32-25/h1-15,22H,16H2,(H,28,30)(H,29,31). The second kappa shape index (κ2) is 10.2. The Morgan fingerprint density at radius 2 is 1.66 bits per heavy atom. The van der Waals surface area contributed by atoms with Crippen molar-refractivity contribution in [3.05, 3.63) is 107 Å². The number of nitrogens with zero attached hydrogens (tertiary/aromatic N) is 1. The first kappa shape index (κ1) is 21.7. The zero-order chi connectivity index (χ0) is 22.3. The Balaban J connectivity index is 1.46. The third kappa shape index (κ3) is 5.41. The maximum absolute atomic E-state index is 12.8. The molecule has 0 saturated carbocycles. The molecule has 0 spiro atoms. The summed E-state index contributed by atoms with van der Waals surface area (Å²) in [5, 5.41) is 9.06. The second-order valence-corrected chi connectivity index (χ2v) is 8.39. The molecule has 3 aromatic carbocycles. The SMILES string of the molecule is O=C(CC(NC(=O)c1ccccc1Cl)c1ccccc1)Nc1ccc(-c2nccs2)cc1. The van der Waals surface area contributed by atoms with Crippen LogP contribution >= 0.6 is 22.9 Å². The summed E-state index contributed by atoms with van der Waals surface area (Å²) in [6.45, 7) is 0. The normalized spacial score (nSPS) is 11.5. The Hall–Kier alpha value is -3.48. The van der Waals surface area contributed by atoms with Crippen molar-refractivity contribution in [2.45, 2.75) is 12.5 Å². The molecule has 0 fully saturated rings. The summed E-state index contributed by atoms with van der Waals surface area (Å²) in [5.41, 5.74) is 2.88. The lowest BCUT2D eigenvalue weighted by molar-refractivity contribution is -0.116. The van der Waals surface area contributed by atoms with Gasteiger partial charge in [0.2, 0.25) is 5.91 Å². The van der Waals surface area contributed by atoms with Crippen molar-refractivity contribution in [2.24, 2.45) is 0 Å². The molecule has 1 heterocycles. The van der Waals surface area contributed by atoms with E-state index in [1.54, 1.807) is 41.8 Å². The first-order valence-corrected chi connectivity index (χ1v) is 11.3. The van der Waals surface area contributed by atoms with Gasteiger partial charge in [-0.25, -0.2) is 4.98 Å². The van der Waals surface area contributed by atoms with Crippen molar-refractivity contribution < 1.29 is 9.59 Å². The van der Waals surface area contributed by atoms with E-state index < -0.39 is 6.04 Å². The fraction of sp³-hybridized carbons (Fsp3) is 0.0800. The highest BCUT2D eigenvalue weighted by Crippen LogP contribution is 2.24. The summed E-state index contributed by atoms with van der Waals surface area (Å²) in [6.07, 6.45) is 1.84. The van der Waals surface area contributed by atoms with Gasteiger partial charge in [0.05, 0.1) is 23.0 Å². The van der Waals surface area contributed by atoms with Gasteiger partial charge in [0.1, 0.15) is 5.01 Å². The smallest absolute Gasteiger partial charge is 0.253 e. The summed E-state index contributed by atoms with van der Waals surface area (Å²) in [4.78, 5) is 29.9. The highest BCUT2D eigenvalue weighted by atomic mass is 35.5. The average Bonchev–Trinajstić information content (AvgIpc) is 3.35. The van der Waals surface area contributed by atoms with Gasteiger partial charge in [0.15, 0.2) is 0 Å². The molecule has 5 nitrogen and oxygen atoms in total. The quantitative estimate of drug-likeness (QED) is 0.356. The fourth-order valence-electron chi connectivity index (χ4n) is 3.28. The number of hydrogen-bond donors (Lipinski definition) is 2. The molecule has 2 amide bonds. The largest absolute Gasteiger partial charge is 0.345 e. The van der Waals surface area contributed by atoms with Gasteiger partial charge in [-0.1, -0.05) is 54.1 Å². The van der Waals surface area contributed by atoms with E-state index >= 15 is 0 Å². The molecule has 1 unspecified atom stereocenters. The molecule has 0 radical (unpaired) electrons. The number of carbonyl (C=O) groups is 2. The van der Waals surface area contributed by atoms with Crippen molar-refractivity contribution in [3.8, 4) is 10.6 Å². The van der Waals surface area contributed by atoms with Crippen LogP contribution in [0.3, 0.4) is 0 Å². The molecule has 1 atom stereocenters. The van der Waals surface area contributed by atoms with E-state index in [0.717, 1.165) is 16.1 Å². The Labute approximate surface area is 195 Å². The van der Waals surface area contributed by atoms with Crippen LogP contribution in [0.5, 0.6) is 0 Å². The summed E-state index contributed by atoms with van der Waals surface area (Å²) in [7, 11) is 0. The van der Waals surface area contributed by atoms with E-state index in [4.69, 9.17) is 11.6 Å². The van der Waals surface area contributed by atoms with Gasteiger partial charge in [0, 0.05) is 22.8 Å². The topological polar surface area (TPSA) is 71.1 Å². The third-order valence-corrected chi connectivity index (χ3v) is 6.01. The van der Waals surface area contributed by atoms with Gasteiger partial charge in [-0.3, -0.25) is 9.59 Å². The summed E-state index contributed by atoms with van der Waals surface area (Å²) in [5.74, 6) is -0.537. The fourth-order valence-corrected chi connectivity index (χ4v) is 4.14. The summed E-state index contributed by atoms with van der Waals surface area (Å²) < 4.78 is 0. The Morgan fingerprint density at radius 1 is 0.938 bits per heavy atom. The number of nitrogens with one attached hydrogen (secondary N) is 2. The molecule has 7 heteroatoms. The maximum Gasteiger partial charge on any atom is 0.253 e. The molecule has 4 rings (SSSR count). The Morgan fingerprint density at radius 3 is 2.34 bits per heavy atom. The molecule has 0 bridgehead atoms. The number of carbonyl (C=O) groups excluding carboxylic acids is 2. The van der Waals surface area contributed by atoms with Gasteiger partial charge < -0.3 is 10.6 Å². The molecule has 0 aliphatic rings. The van der Waals surface area contributed by atoms with E-state index in [9.17, 15) is 9.59 Å². The lowest BCUT2D eigenvalue weighted by Gasteiger charge is -2.19. The molecule has 0 aliphatic carbocycles. The van der Waals surface area contributed by atoms with Gasteiger partial charge in [-0.15, -0.1) is 11.3 Å². The van der Waals surface area contributed by atoms with Gasteiger partial charge in [-0.05, 0) is 42.0 Å². The Kier molecular flexibility index (Phi) is 6.94. The second-order valence-electron chi connectivity index (χ2n) is 7.08. The van der Waals surface area contributed by atoms with Crippen LogP contribution in [-0.2, 0) is 4.79 Å². The summed E-state index contributed by atoms with van der Waals surface area (Å²) in [6, 6.07) is 23.3. The minimum absolute atomic E-state index is 0.0778. The van der Waals surface area contributed by atoms with Crippen LogP contribution in [0.15, 0.2) is 90.4 Å². The molecule has 0 aliphatic heterocycles. The van der Waals surface area contributed by atoms with Crippen molar-refractivity contribution >= 4 is 40.4 Å². The first-order valence-electron chi connectivity index (χ1n) is 10.0. The lowest BCUT2D eigenvalue weighted by atomic mass is 10.0. The molecule has 0 saturated heterocycles. The lowest BCUT2D eigenvalue weighted by Crippen LogP contribution is -2.31. The van der Waals surface area contributed by atoms with Crippen molar-refractivity contribution in [3.63, 3.8) is 0 Å². The summed E-state index contributed by atoms with van der Waals surface area (Å²) >= 11 is 7.73. The predicted molar refractivity (Wildman–Crippen MR) is 129 cm³/mol. The monoisotopic (exact) mass is 461 g/mol.